The van der Waals surface area contributed by atoms with E-state index in [0.29, 0.717) is 60.3 Å². The third-order valence-corrected chi connectivity index (χ3v) is 9.88. The molecule has 3 aliphatic heterocycles. The van der Waals surface area contributed by atoms with E-state index in [0.717, 1.165) is 16.5 Å². The second-order valence-electron chi connectivity index (χ2n) is 13.7. The molecule has 2 aromatic heterocycles. The smallest absolute Gasteiger partial charge is 0.410 e. The van der Waals surface area contributed by atoms with Crippen LogP contribution in [0.3, 0.4) is 0 Å². The minimum Gasteiger partial charge on any atom is -0.458 e. The zero-order valence-corrected chi connectivity index (χ0v) is 26.6. The first-order valence-corrected chi connectivity index (χ1v) is 15.8. The molecule has 0 radical (unpaired) electrons. The Morgan fingerprint density at radius 1 is 1.20 bits per heavy atom. The second kappa shape index (κ2) is 10.3. The highest BCUT2D eigenvalue weighted by molar-refractivity contribution is 5.94. The van der Waals surface area contributed by atoms with E-state index in [1.54, 1.807) is 45.3 Å². The van der Waals surface area contributed by atoms with Crippen molar-refractivity contribution in [2.24, 2.45) is 0 Å². The summed E-state index contributed by atoms with van der Waals surface area (Å²) in [6.07, 6.45) is 1.61. The number of nitrogens with zero attached hydrogens (tertiary/aromatic N) is 3. The number of hydrogen-bond acceptors (Lipinski definition) is 8. The average Bonchev–Trinajstić information content (AvgIpc) is 3.64. The lowest BCUT2D eigenvalue weighted by molar-refractivity contribution is -0.172. The zero-order valence-electron chi connectivity index (χ0n) is 26.6. The molecule has 1 aliphatic carbocycles. The van der Waals surface area contributed by atoms with Crippen molar-refractivity contribution in [1.82, 2.24) is 19.8 Å². The first kappa shape index (κ1) is 30.3. The molecule has 3 atom stereocenters. The molecule has 7 rings (SSSR count). The number of likely N-dealkylation sites (tertiary alicyclic amines) is 1. The van der Waals surface area contributed by atoms with E-state index >= 15 is 4.39 Å². The van der Waals surface area contributed by atoms with Crippen molar-refractivity contribution < 1.29 is 33.4 Å². The SMILES string of the molecule is CC[C@@]1(O)C(=O)OCc2c1cc1n(c2=O)Cc2c-1nc1cc(F)c(C)c3c1c2[C@H](NC(=O)[C@@H]1CCCN1C(=O)OC(C)(C)C)CC3. The molecule has 5 heterocycles. The van der Waals surface area contributed by atoms with Gasteiger partial charge in [0, 0.05) is 29.1 Å². The Morgan fingerprint density at radius 2 is 1.96 bits per heavy atom. The van der Waals surface area contributed by atoms with Crippen molar-refractivity contribution in [1.29, 1.82) is 0 Å². The van der Waals surface area contributed by atoms with Gasteiger partial charge in [0.15, 0.2) is 5.60 Å². The van der Waals surface area contributed by atoms with Gasteiger partial charge in [0.25, 0.3) is 5.56 Å². The Morgan fingerprint density at radius 3 is 2.67 bits per heavy atom. The summed E-state index contributed by atoms with van der Waals surface area (Å²) in [7, 11) is 0. The Kier molecular flexibility index (Phi) is 6.82. The number of benzene rings is 1. The molecule has 0 bridgehead atoms. The van der Waals surface area contributed by atoms with Gasteiger partial charge in [-0.15, -0.1) is 0 Å². The van der Waals surface area contributed by atoms with Crippen molar-refractivity contribution >= 4 is 28.9 Å². The maximum absolute atomic E-state index is 15.2. The highest BCUT2D eigenvalue weighted by atomic mass is 19.1. The number of ether oxygens (including phenoxy) is 2. The molecular formula is C34H37FN4O7. The van der Waals surface area contributed by atoms with E-state index in [4.69, 9.17) is 14.5 Å². The number of aliphatic hydroxyl groups is 1. The lowest BCUT2D eigenvalue weighted by Gasteiger charge is -2.32. The van der Waals surface area contributed by atoms with Crippen LogP contribution in [0.4, 0.5) is 9.18 Å². The fourth-order valence-corrected chi connectivity index (χ4v) is 7.55. The average molecular weight is 633 g/mol. The largest absolute Gasteiger partial charge is 0.458 e. The first-order valence-electron chi connectivity index (χ1n) is 15.8. The fourth-order valence-electron chi connectivity index (χ4n) is 7.55. The van der Waals surface area contributed by atoms with Gasteiger partial charge in [-0.2, -0.15) is 0 Å². The summed E-state index contributed by atoms with van der Waals surface area (Å²) in [5.74, 6) is -1.52. The number of cyclic esters (lactones) is 1. The summed E-state index contributed by atoms with van der Waals surface area (Å²) in [5.41, 5.74) is 1.34. The van der Waals surface area contributed by atoms with Gasteiger partial charge in [0.2, 0.25) is 5.91 Å². The number of rotatable bonds is 3. The number of aryl methyl sites for hydroxylation is 1. The van der Waals surface area contributed by atoms with Gasteiger partial charge in [-0.25, -0.2) is 19.0 Å². The topological polar surface area (TPSA) is 140 Å². The maximum atomic E-state index is 15.2. The molecule has 1 aromatic carbocycles. The predicted octanol–water partition coefficient (Wildman–Crippen LogP) is 4.03. The van der Waals surface area contributed by atoms with Crippen LogP contribution in [0.1, 0.15) is 92.8 Å². The van der Waals surface area contributed by atoms with Gasteiger partial charge < -0.3 is 24.5 Å². The van der Waals surface area contributed by atoms with Crippen molar-refractivity contribution in [3.8, 4) is 11.4 Å². The third kappa shape index (κ3) is 4.44. The summed E-state index contributed by atoms with van der Waals surface area (Å²) < 4.78 is 27.5. The molecule has 1 saturated heterocycles. The van der Waals surface area contributed by atoms with Crippen molar-refractivity contribution in [3.05, 3.63) is 61.7 Å². The number of fused-ring (bicyclic) bond motifs is 5. The fraction of sp³-hybridized carbons (Fsp3) is 0.500. The predicted molar refractivity (Wildman–Crippen MR) is 164 cm³/mol. The summed E-state index contributed by atoms with van der Waals surface area (Å²) in [5, 5.41) is 15.2. The van der Waals surface area contributed by atoms with Gasteiger partial charge in [-0.3, -0.25) is 14.5 Å². The number of halogens is 1. The number of nitrogens with one attached hydrogen (secondary N) is 1. The Bertz CT molecular complexity index is 1930. The van der Waals surface area contributed by atoms with E-state index < -0.39 is 46.7 Å². The normalized spacial score (nSPS) is 23.1. The zero-order chi connectivity index (χ0) is 32.9. The van der Waals surface area contributed by atoms with E-state index in [-0.39, 0.29) is 36.6 Å². The third-order valence-electron chi connectivity index (χ3n) is 9.88. The van der Waals surface area contributed by atoms with Crippen LogP contribution in [0.2, 0.25) is 0 Å². The number of pyridine rings is 2. The van der Waals surface area contributed by atoms with Crippen LogP contribution in [-0.2, 0) is 44.2 Å². The molecule has 242 valence electrons. The quantitative estimate of drug-likeness (QED) is 0.323. The van der Waals surface area contributed by atoms with Crippen LogP contribution >= 0.6 is 0 Å². The standard InChI is InChI=1S/C34H37FN4O7/c1-6-34(44)20-12-25-28-18(14-39(25)30(41)19(20)15-45-31(34)42)27-22(10-9-17-16(2)21(35)13-23(36-28)26(17)27)37-29(40)24-8-7-11-38(24)32(43)46-33(3,4)5/h12-13,22,24,44H,6-11,14-15H2,1-5H3,(H,37,40)/t22-,24+,34+/m1/s1. The van der Waals surface area contributed by atoms with Crippen molar-refractivity contribution in [2.75, 3.05) is 6.54 Å². The molecule has 11 nitrogen and oxygen atoms in total. The van der Waals surface area contributed by atoms with Crippen LogP contribution in [0.25, 0.3) is 22.3 Å². The molecule has 12 heteroatoms. The monoisotopic (exact) mass is 632 g/mol. The summed E-state index contributed by atoms with van der Waals surface area (Å²) in [6.45, 7) is 9.01. The molecule has 0 spiro atoms. The number of esters is 1. The molecule has 0 unspecified atom stereocenters. The number of carbonyl (C=O) groups excluding carboxylic acids is 3. The Labute approximate surface area is 264 Å². The Balaban J connectivity index is 1.35. The van der Waals surface area contributed by atoms with E-state index in [1.807, 2.05) is 0 Å². The molecule has 46 heavy (non-hydrogen) atoms. The van der Waals surface area contributed by atoms with Gasteiger partial charge in [0.05, 0.1) is 35.1 Å². The van der Waals surface area contributed by atoms with E-state index in [9.17, 15) is 24.3 Å². The van der Waals surface area contributed by atoms with Gasteiger partial charge >= 0.3 is 12.1 Å². The van der Waals surface area contributed by atoms with Gasteiger partial charge in [-0.05, 0) is 82.6 Å². The Hall–Kier alpha value is -4.32. The van der Waals surface area contributed by atoms with Crippen molar-refractivity contribution in [3.63, 3.8) is 0 Å². The molecule has 2 amide bonds. The first-order chi connectivity index (χ1) is 21.7. The lowest BCUT2D eigenvalue weighted by Crippen LogP contribution is -2.48. The van der Waals surface area contributed by atoms with Gasteiger partial charge in [-0.1, -0.05) is 6.92 Å². The van der Waals surface area contributed by atoms with Crippen molar-refractivity contribution in [2.45, 2.75) is 103 Å². The molecule has 4 aliphatic rings. The maximum Gasteiger partial charge on any atom is 0.410 e. The highest BCUT2D eigenvalue weighted by Gasteiger charge is 2.46. The van der Waals surface area contributed by atoms with Gasteiger partial charge in [0.1, 0.15) is 24.1 Å². The second-order valence-corrected chi connectivity index (χ2v) is 13.7. The minimum absolute atomic E-state index is 0.00835. The van der Waals surface area contributed by atoms with E-state index in [2.05, 4.69) is 5.32 Å². The molecule has 3 aromatic rings. The molecular weight excluding hydrogens is 595 g/mol. The van der Waals surface area contributed by atoms with Crippen LogP contribution < -0.4 is 10.9 Å². The number of aromatic nitrogens is 2. The van der Waals surface area contributed by atoms with Crippen LogP contribution in [0.15, 0.2) is 16.9 Å². The number of amides is 2. The van der Waals surface area contributed by atoms with Crippen LogP contribution in [0.5, 0.6) is 0 Å². The highest BCUT2D eigenvalue weighted by Crippen LogP contribution is 2.46. The number of carbonyl (C=O) groups is 3. The lowest BCUT2D eigenvalue weighted by atomic mass is 9.81. The summed E-state index contributed by atoms with van der Waals surface area (Å²) in [4.78, 5) is 59.7. The summed E-state index contributed by atoms with van der Waals surface area (Å²) >= 11 is 0. The summed E-state index contributed by atoms with van der Waals surface area (Å²) in [6, 6.07) is 1.80. The van der Waals surface area contributed by atoms with E-state index in [1.165, 1.54) is 11.0 Å². The van der Waals surface area contributed by atoms with Crippen LogP contribution in [0, 0.1) is 12.7 Å². The molecule has 1 fully saturated rings. The van der Waals surface area contributed by atoms with Crippen LogP contribution in [-0.4, -0.2) is 55.7 Å². The minimum atomic E-state index is -1.98. The number of hydrogen-bond donors (Lipinski definition) is 2. The molecule has 0 saturated carbocycles. The molecule has 2 N–H and O–H groups in total.